The van der Waals surface area contributed by atoms with E-state index in [0.717, 1.165) is 18.5 Å². The van der Waals surface area contributed by atoms with Crippen LogP contribution in [0.2, 0.25) is 0 Å². The Hall–Kier alpha value is 0.270. The highest BCUT2D eigenvalue weighted by molar-refractivity contribution is 7.99. The zero-order valence-electron chi connectivity index (χ0n) is 9.09. The fourth-order valence-corrected chi connectivity index (χ4v) is 4.13. The monoisotopic (exact) mass is 214 g/mol. The molecule has 1 aliphatic heterocycles. The van der Waals surface area contributed by atoms with Crippen molar-refractivity contribution in [2.45, 2.75) is 44.2 Å². The molecule has 0 bridgehead atoms. The summed E-state index contributed by atoms with van der Waals surface area (Å²) in [6, 6.07) is 0.743. The molecule has 0 amide bonds. The minimum absolute atomic E-state index is 0.277. The van der Waals surface area contributed by atoms with Crippen LogP contribution >= 0.6 is 11.8 Å². The molecular formula is C11H22N2S. The Bertz CT molecular complexity index is 190. The van der Waals surface area contributed by atoms with E-state index in [9.17, 15) is 0 Å². The van der Waals surface area contributed by atoms with Gasteiger partial charge in [0.25, 0.3) is 0 Å². The molecule has 1 saturated heterocycles. The van der Waals surface area contributed by atoms with Crippen LogP contribution in [-0.4, -0.2) is 29.6 Å². The molecule has 3 unspecified atom stereocenters. The number of hydrogen-bond acceptors (Lipinski definition) is 3. The molecule has 0 aromatic carbocycles. The average Bonchev–Trinajstić information content (AvgIpc) is 2.77. The van der Waals surface area contributed by atoms with Gasteiger partial charge < -0.3 is 11.1 Å². The van der Waals surface area contributed by atoms with Crippen molar-refractivity contribution in [3.05, 3.63) is 0 Å². The van der Waals surface area contributed by atoms with E-state index in [1.54, 1.807) is 0 Å². The highest BCUT2D eigenvalue weighted by Crippen LogP contribution is 2.31. The summed E-state index contributed by atoms with van der Waals surface area (Å²) < 4.78 is 0. The van der Waals surface area contributed by atoms with Gasteiger partial charge in [-0.3, -0.25) is 0 Å². The van der Waals surface area contributed by atoms with E-state index in [4.69, 9.17) is 5.73 Å². The van der Waals surface area contributed by atoms with Gasteiger partial charge in [-0.15, -0.1) is 0 Å². The van der Waals surface area contributed by atoms with Crippen molar-refractivity contribution in [2.24, 2.45) is 11.7 Å². The molecule has 82 valence electrons. The fourth-order valence-electron chi connectivity index (χ4n) is 2.71. The third-order valence-electron chi connectivity index (χ3n) is 3.70. The first-order valence-electron chi connectivity index (χ1n) is 5.80. The number of nitrogens with two attached hydrogens (primary N) is 1. The van der Waals surface area contributed by atoms with Gasteiger partial charge in [0.05, 0.1) is 0 Å². The maximum Gasteiger partial charge on any atom is 0.0405 e. The van der Waals surface area contributed by atoms with Gasteiger partial charge in [0.1, 0.15) is 0 Å². The summed E-state index contributed by atoms with van der Waals surface area (Å²) in [5, 5.41) is 3.83. The molecule has 2 fully saturated rings. The summed E-state index contributed by atoms with van der Waals surface area (Å²) in [4.78, 5) is 0. The molecule has 0 aromatic heterocycles. The van der Waals surface area contributed by atoms with Gasteiger partial charge in [0, 0.05) is 23.9 Å². The molecule has 2 aliphatic rings. The minimum atomic E-state index is 0.277. The fraction of sp³-hybridized carbons (Fsp3) is 1.00. The van der Waals surface area contributed by atoms with Crippen molar-refractivity contribution < 1.29 is 0 Å². The van der Waals surface area contributed by atoms with E-state index < -0.39 is 0 Å². The maximum atomic E-state index is 5.91. The first kappa shape index (κ1) is 10.8. The summed E-state index contributed by atoms with van der Waals surface area (Å²) in [5.74, 6) is 3.41. The van der Waals surface area contributed by atoms with Crippen LogP contribution in [0.1, 0.15) is 32.6 Å². The van der Waals surface area contributed by atoms with Gasteiger partial charge >= 0.3 is 0 Å². The Morgan fingerprint density at radius 3 is 2.86 bits per heavy atom. The quantitative estimate of drug-likeness (QED) is 0.749. The molecule has 0 aromatic rings. The summed E-state index contributed by atoms with van der Waals surface area (Å²) in [6.07, 6.45) is 5.37. The first-order chi connectivity index (χ1) is 6.74. The molecule has 2 nitrogen and oxygen atoms in total. The van der Waals surface area contributed by atoms with Crippen molar-refractivity contribution in [1.29, 1.82) is 0 Å². The van der Waals surface area contributed by atoms with Crippen molar-refractivity contribution >= 4 is 11.8 Å². The van der Waals surface area contributed by atoms with Gasteiger partial charge in [0.2, 0.25) is 0 Å². The number of thioether (sulfide) groups is 1. The van der Waals surface area contributed by atoms with Gasteiger partial charge in [-0.2, -0.15) is 11.8 Å². The molecule has 1 aliphatic carbocycles. The lowest BCUT2D eigenvalue weighted by molar-refractivity contribution is 0.319. The molecule has 0 spiro atoms. The van der Waals surface area contributed by atoms with Crippen molar-refractivity contribution in [3.8, 4) is 0 Å². The molecule has 1 saturated carbocycles. The molecule has 3 heteroatoms. The van der Waals surface area contributed by atoms with Crippen LogP contribution in [0.3, 0.4) is 0 Å². The van der Waals surface area contributed by atoms with Gasteiger partial charge in [-0.05, 0) is 37.4 Å². The van der Waals surface area contributed by atoms with Crippen molar-refractivity contribution in [1.82, 2.24) is 5.32 Å². The number of hydrogen-bond donors (Lipinski definition) is 2. The smallest absolute Gasteiger partial charge is 0.0405 e. The lowest BCUT2D eigenvalue weighted by Crippen LogP contribution is -2.54. The summed E-state index contributed by atoms with van der Waals surface area (Å²) in [7, 11) is 0. The molecular weight excluding hydrogens is 192 g/mol. The van der Waals surface area contributed by atoms with Crippen LogP contribution in [0.15, 0.2) is 0 Å². The van der Waals surface area contributed by atoms with E-state index in [-0.39, 0.29) is 5.54 Å². The van der Waals surface area contributed by atoms with Gasteiger partial charge in [-0.25, -0.2) is 0 Å². The second-order valence-electron chi connectivity index (χ2n) is 5.05. The molecule has 3 atom stereocenters. The number of nitrogens with one attached hydrogen (secondary N) is 1. The third kappa shape index (κ3) is 2.26. The van der Waals surface area contributed by atoms with Crippen molar-refractivity contribution in [3.63, 3.8) is 0 Å². The lowest BCUT2D eigenvalue weighted by atomic mass is 9.97. The van der Waals surface area contributed by atoms with Crippen LogP contribution in [-0.2, 0) is 0 Å². The first-order valence-corrected chi connectivity index (χ1v) is 6.95. The zero-order valence-corrected chi connectivity index (χ0v) is 9.91. The topological polar surface area (TPSA) is 38.0 Å². The summed E-state index contributed by atoms with van der Waals surface area (Å²) in [5.41, 5.74) is 6.18. The van der Waals surface area contributed by atoms with Gasteiger partial charge in [-0.1, -0.05) is 6.92 Å². The predicted octanol–water partition coefficient (Wildman–Crippen LogP) is 1.60. The van der Waals surface area contributed by atoms with Gasteiger partial charge in [0.15, 0.2) is 0 Å². The average molecular weight is 214 g/mol. The molecule has 1 heterocycles. The van der Waals surface area contributed by atoms with E-state index >= 15 is 0 Å². The van der Waals surface area contributed by atoms with Crippen LogP contribution in [0.4, 0.5) is 0 Å². The lowest BCUT2D eigenvalue weighted by Gasteiger charge is -2.31. The Balaban J connectivity index is 1.88. The Labute approximate surface area is 91.4 Å². The van der Waals surface area contributed by atoms with Crippen LogP contribution in [0, 0.1) is 5.92 Å². The molecule has 0 radical (unpaired) electrons. The zero-order chi connectivity index (χ0) is 10.0. The summed E-state index contributed by atoms with van der Waals surface area (Å²) in [6.45, 7) is 3.17. The Morgan fingerprint density at radius 1 is 1.50 bits per heavy atom. The Kier molecular flexibility index (Phi) is 3.40. The molecule has 3 N–H and O–H groups in total. The standard InChI is InChI=1S/C11H22N2S/c1-9-2-3-10(6-9)13-11(7-12)4-5-14-8-11/h9-10,13H,2-8,12H2,1H3. The van der Waals surface area contributed by atoms with E-state index in [1.807, 2.05) is 11.8 Å². The second kappa shape index (κ2) is 4.42. The van der Waals surface area contributed by atoms with Crippen LogP contribution in [0.5, 0.6) is 0 Å². The molecule has 14 heavy (non-hydrogen) atoms. The predicted molar refractivity (Wildman–Crippen MR) is 63.7 cm³/mol. The highest BCUT2D eigenvalue weighted by Gasteiger charge is 2.36. The van der Waals surface area contributed by atoms with E-state index in [0.29, 0.717) is 0 Å². The normalized spacial score (nSPS) is 43.3. The maximum absolute atomic E-state index is 5.91. The van der Waals surface area contributed by atoms with Crippen LogP contribution in [0.25, 0.3) is 0 Å². The van der Waals surface area contributed by atoms with Crippen LogP contribution < -0.4 is 11.1 Å². The molecule has 2 rings (SSSR count). The Morgan fingerprint density at radius 2 is 2.36 bits per heavy atom. The summed E-state index contributed by atoms with van der Waals surface area (Å²) >= 11 is 2.05. The number of rotatable bonds is 3. The third-order valence-corrected chi connectivity index (χ3v) is 4.95. The van der Waals surface area contributed by atoms with Crippen molar-refractivity contribution in [2.75, 3.05) is 18.1 Å². The largest absolute Gasteiger partial charge is 0.329 e. The SMILES string of the molecule is CC1CCC(NC2(CN)CCSC2)C1. The minimum Gasteiger partial charge on any atom is -0.329 e. The van der Waals surface area contributed by atoms with E-state index in [2.05, 4.69) is 12.2 Å². The van der Waals surface area contributed by atoms with E-state index in [1.165, 1.54) is 37.2 Å². The second-order valence-corrected chi connectivity index (χ2v) is 6.15. The highest BCUT2D eigenvalue weighted by atomic mass is 32.2.